The van der Waals surface area contributed by atoms with Crippen LogP contribution in [-0.4, -0.2) is 32.1 Å². The van der Waals surface area contributed by atoms with Crippen LogP contribution < -0.4 is 20.1 Å². The molecule has 0 spiro atoms. The van der Waals surface area contributed by atoms with Gasteiger partial charge in [0.2, 0.25) is 11.7 Å². The van der Waals surface area contributed by atoms with Crippen LogP contribution in [0.4, 0.5) is 27.8 Å². The Kier molecular flexibility index (Phi) is 5.33. The average Bonchev–Trinajstić information content (AvgIpc) is 3.37. The number of ether oxygens (including phenoxy) is 2. The fraction of sp³-hybridized carbons (Fsp3) is 0.333. The highest BCUT2D eigenvalue weighted by molar-refractivity contribution is 5.48. The Bertz CT molecular complexity index is 1270. The molecule has 5 rings (SSSR count). The molecule has 4 heterocycles. The molecular weight excluding hydrogens is 465 g/mol. The van der Waals surface area contributed by atoms with Crippen LogP contribution >= 0.6 is 0 Å². The van der Waals surface area contributed by atoms with Gasteiger partial charge in [-0.3, -0.25) is 4.57 Å². The summed E-state index contributed by atoms with van der Waals surface area (Å²) in [6.07, 6.45) is -1.42. The van der Waals surface area contributed by atoms with Gasteiger partial charge < -0.3 is 14.4 Å². The third kappa shape index (κ3) is 4.13. The van der Waals surface area contributed by atoms with Crippen molar-refractivity contribution in [1.29, 1.82) is 0 Å². The minimum Gasteiger partial charge on any atom is -0.473 e. The van der Waals surface area contributed by atoms with Gasteiger partial charge in [-0.05, 0) is 30.5 Å². The van der Waals surface area contributed by atoms with Crippen molar-refractivity contribution in [2.24, 2.45) is 0 Å². The molecule has 0 bridgehead atoms. The lowest BCUT2D eigenvalue weighted by molar-refractivity contribution is -0.145. The van der Waals surface area contributed by atoms with E-state index in [4.69, 9.17) is 9.47 Å². The van der Waals surface area contributed by atoms with E-state index in [9.17, 15) is 26.7 Å². The molecule has 13 heteroatoms. The van der Waals surface area contributed by atoms with E-state index < -0.39 is 35.1 Å². The quantitative estimate of drug-likeness (QED) is 0.514. The van der Waals surface area contributed by atoms with Crippen LogP contribution in [0.2, 0.25) is 0 Å². The minimum atomic E-state index is -4.76. The van der Waals surface area contributed by atoms with Crippen LogP contribution in [0.1, 0.15) is 24.2 Å². The van der Waals surface area contributed by atoms with E-state index in [1.807, 2.05) is 0 Å². The van der Waals surface area contributed by atoms with Gasteiger partial charge >= 0.3 is 11.9 Å². The van der Waals surface area contributed by atoms with Crippen LogP contribution in [0.25, 0.3) is 0 Å². The first-order valence-corrected chi connectivity index (χ1v) is 10.3. The van der Waals surface area contributed by atoms with Gasteiger partial charge in [0.05, 0.1) is 12.4 Å². The largest absolute Gasteiger partial charge is 0.473 e. The van der Waals surface area contributed by atoms with Crippen LogP contribution in [0.3, 0.4) is 0 Å². The topological polar surface area (TPSA) is 82.4 Å². The average molecular weight is 481 g/mol. The standard InChI is InChI=1S/C21H16F5N5O3/c22-14-4-11(5-15(23)18(14)34-13-7-27-19(28-8-13)21(24,25)26)10-33-16-6-17-30-3-1-2-12(30)9-31(17)20(32)29-16/h4-8,12H,1-3,9-10H2/t12-/m0/s1. The van der Waals surface area contributed by atoms with E-state index in [1.54, 1.807) is 10.6 Å². The van der Waals surface area contributed by atoms with E-state index in [2.05, 4.69) is 19.9 Å². The summed E-state index contributed by atoms with van der Waals surface area (Å²) < 4.78 is 78.6. The fourth-order valence-corrected chi connectivity index (χ4v) is 4.08. The number of anilines is 1. The maximum atomic E-state index is 14.5. The zero-order valence-corrected chi connectivity index (χ0v) is 17.4. The lowest BCUT2D eigenvalue weighted by Crippen LogP contribution is -2.24. The Morgan fingerprint density at radius 2 is 1.79 bits per heavy atom. The van der Waals surface area contributed by atoms with Crippen LogP contribution in [0.15, 0.2) is 35.4 Å². The summed E-state index contributed by atoms with van der Waals surface area (Å²) >= 11 is 0. The van der Waals surface area contributed by atoms with Crippen molar-refractivity contribution >= 4 is 5.82 Å². The lowest BCUT2D eigenvalue weighted by Gasteiger charge is -2.17. The van der Waals surface area contributed by atoms with Gasteiger partial charge in [0, 0.05) is 25.2 Å². The Balaban J connectivity index is 1.30. The van der Waals surface area contributed by atoms with Crippen molar-refractivity contribution in [1.82, 2.24) is 19.5 Å². The number of benzene rings is 1. The summed E-state index contributed by atoms with van der Waals surface area (Å²) in [6, 6.07) is 3.78. The third-order valence-corrected chi connectivity index (χ3v) is 5.58. The molecule has 1 fully saturated rings. The number of hydrogen-bond acceptors (Lipinski definition) is 7. The van der Waals surface area contributed by atoms with Gasteiger partial charge in [-0.25, -0.2) is 23.5 Å². The van der Waals surface area contributed by atoms with Crippen molar-refractivity contribution < 1.29 is 31.4 Å². The zero-order chi connectivity index (χ0) is 24.0. The number of nitrogens with zero attached hydrogens (tertiary/aromatic N) is 5. The number of rotatable bonds is 5. The molecule has 1 aromatic carbocycles. The summed E-state index contributed by atoms with van der Waals surface area (Å²) in [5.74, 6) is -4.10. The highest BCUT2D eigenvalue weighted by Crippen LogP contribution is 2.34. The highest BCUT2D eigenvalue weighted by atomic mass is 19.4. The molecular formula is C21H16F5N5O3. The molecule has 0 aliphatic carbocycles. The molecule has 0 saturated carbocycles. The van der Waals surface area contributed by atoms with E-state index in [1.165, 1.54) is 0 Å². The SMILES string of the molecule is O=c1nc(OCc2cc(F)c(Oc3cnc(C(F)(F)F)nc3)c(F)c2)cc2n1C[C@@H]1CCCN21. The van der Waals surface area contributed by atoms with Crippen LogP contribution in [-0.2, 0) is 19.3 Å². The summed E-state index contributed by atoms with van der Waals surface area (Å²) in [6.45, 7) is 1.12. The molecule has 8 nitrogen and oxygen atoms in total. The Morgan fingerprint density at radius 3 is 2.47 bits per heavy atom. The minimum absolute atomic E-state index is 0.0341. The molecule has 2 aliphatic heterocycles. The molecule has 2 aliphatic rings. The smallest absolute Gasteiger partial charge is 0.451 e. The van der Waals surface area contributed by atoms with Crippen LogP contribution in [0, 0.1) is 11.6 Å². The molecule has 0 N–H and O–H groups in total. The highest BCUT2D eigenvalue weighted by Gasteiger charge is 2.35. The Hall–Kier alpha value is -3.77. The maximum Gasteiger partial charge on any atom is 0.451 e. The van der Waals surface area contributed by atoms with Gasteiger partial charge in [0.25, 0.3) is 0 Å². The summed E-state index contributed by atoms with van der Waals surface area (Å²) in [5.41, 5.74) is -0.366. The number of fused-ring (bicyclic) bond motifs is 3. The van der Waals surface area contributed by atoms with Crippen molar-refractivity contribution in [3.8, 4) is 17.4 Å². The number of hydrogen-bond donors (Lipinski definition) is 0. The Labute approximate surface area is 188 Å². The predicted molar refractivity (Wildman–Crippen MR) is 107 cm³/mol. The zero-order valence-electron chi connectivity index (χ0n) is 17.4. The van der Waals surface area contributed by atoms with Crippen molar-refractivity contribution in [3.05, 3.63) is 64.1 Å². The van der Waals surface area contributed by atoms with Crippen molar-refractivity contribution in [2.45, 2.75) is 38.2 Å². The molecule has 0 amide bonds. The Morgan fingerprint density at radius 1 is 1.09 bits per heavy atom. The van der Waals surface area contributed by atoms with Gasteiger partial charge in [0.1, 0.15) is 12.4 Å². The molecule has 0 unspecified atom stereocenters. The van der Waals surface area contributed by atoms with Gasteiger partial charge in [-0.15, -0.1) is 0 Å². The maximum absolute atomic E-state index is 14.5. The molecule has 0 radical (unpaired) electrons. The van der Waals surface area contributed by atoms with E-state index in [0.717, 1.165) is 31.5 Å². The second-order valence-corrected chi connectivity index (χ2v) is 7.85. The fourth-order valence-electron chi connectivity index (χ4n) is 4.08. The monoisotopic (exact) mass is 481 g/mol. The first kappa shape index (κ1) is 22.0. The normalized spacial score (nSPS) is 17.0. The van der Waals surface area contributed by atoms with Crippen molar-refractivity contribution in [2.75, 3.05) is 11.4 Å². The second-order valence-electron chi connectivity index (χ2n) is 7.85. The molecule has 1 saturated heterocycles. The molecule has 1 atom stereocenters. The lowest BCUT2D eigenvalue weighted by atomic mass is 10.2. The number of alkyl halides is 3. The third-order valence-electron chi connectivity index (χ3n) is 5.58. The van der Waals surface area contributed by atoms with E-state index in [-0.39, 0.29) is 29.8 Å². The van der Waals surface area contributed by atoms with Crippen molar-refractivity contribution in [3.63, 3.8) is 0 Å². The predicted octanol–water partition coefficient (Wildman–Crippen LogP) is 3.68. The van der Waals surface area contributed by atoms with Crippen LogP contribution in [0.5, 0.6) is 17.4 Å². The summed E-state index contributed by atoms with van der Waals surface area (Å²) in [7, 11) is 0. The molecule has 3 aromatic rings. The molecule has 34 heavy (non-hydrogen) atoms. The number of halogens is 5. The second kappa shape index (κ2) is 8.22. The van der Waals surface area contributed by atoms with E-state index >= 15 is 0 Å². The van der Waals surface area contributed by atoms with E-state index in [0.29, 0.717) is 24.8 Å². The van der Waals surface area contributed by atoms with Gasteiger partial charge in [-0.1, -0.05) is 0 Å². The summed E-state index contributed by atoms with van der Waals surface area (Å²) in [4.78, 5) is 24.5. The molecule has 2 aromatic heterocycles. The van der Waals surface area contributed by atoms with Gasteiger partial charge in [-0.2, -0.15) is 18.2 Å². The summed E-state index contributed by atoms with van der Waals surface area (Å²) in [5, 5.41) is 0. The first-order valence-electron chi connectivity index (χ1n) is 10.3. The number of aromatic nitrogens is 4. The van der Waals surface area contributed by atoms with Gasteiger partial charge in [0.15, 0.2) is 23.1 Å². The molecule has 178 valence electrons. The first-order chi connectivity index (χ1) is 16.2.